The number of hydrogen-bond acceptors (Lipinski definition) is 2. The number of fused-ring (bicyclic) bond motifs is 1. The fourth-order valence-corrected chi connectivity index (χ4v) is 3.00. The highest BCUT2D eigenvalue weighted by molar-refractivity contribution is 5.79. The molecular formula is C14H19N3. The van der Waals surface area contributed by atoms with Gasteiger partial charge in [0.1, 0.15) is 5.82 Å². The smallest absolute Gasteiger partial charge is 0.112 e. The lowest BCUT2D eigenvalue weighted by molar-refractivity contribution is 0.639. The summed E-state index contributed by atoms with van der Waals surface area (Å²) in [5.74, 6) is 1.90. The Morgan fingerprint density at radius 2 is 2.12 bits per heavy atom. The predicted molar refractivity (Wildman–Crippen MR) is 69.8 cm³/mol. The number of hydrogen-bond donors (Lipinski definition) is 1. The van der Waals surface area contributed by atoms with Crippen molar-refractivity contribution < 1.29 is 0 Å². The molecule has 0 atom stereocenters. The zero-order valence-electron chi connectivity index (χ0n) is 10.3. The largest absolute Gasteiger partial charge is 0.331 e. The van der Waals surface area contributed by atoms with Crippen molar-refractivity contribution in [3.63, 3.8) is 0 Å². The van der Waals surface area contributed by atoms with Crippen molar-refractivity contribution in [2.45, 2.75) is 38.1 Å². The number of aromatic nitrogens is 2. The van der Waals surface area contributed by atoms with Gasteiger partial charge in [0.2, 0.25) is 0 Å². The SMILES string of the molecule is Cn1c(C2CCCC2)nc2c(CN)cccc21. The van der Waals surface area contributed by atoms with Crippen molar-refractivity contribution in [2.24, 2.45) is 12.8 Å². The Hall–Kier alpha value is -1.35. The highest BCUT2D eigenvalue weighted by Gasteiger charge is 2.22. The van der Waals surface area contributed by atoms with E-state index in [1.165, 1.54) is 37.0 Å². The molecule has 0 spiro atoms. The lowest BCUT2D eigenvalue weighted by Crippen LogP contribution is -2.02. The van der Waals surface area contributed by atoms with Gasteiger partial charge in [-0.2, -0.15) is 0 Å². The van der Waals surface area contributed by atoms with Gasteiger partial charge in [0.15, 0.2) is 0 Å². The summed E-state index contributed by atoms with van der Waals surface area (Å²) in [6.45, 7) is 0.568. The van der Waals surface area contributed by atoms with Crippen LogP contribution < -0.4 is 5.73 Å². The maximum Gasteiger partial charge on any atom is 0.112 e. The van der Waals surface area contributed by atoms with E-state index in [9.17, 15) is 0 Å². The molecule has 0 radical (unpaired) electrons. The molecule has 3 heteroatoms. The molecule has 3 nitrogen and oxygen atoms in total. The second-order valence-electron chi connectivity index (χ2n) is 5.00. The standard InChI is InChI=1S/C14H19N3/c1-17-12-8-4-7-11(9-15)13(12)16-14(17)10-5-2-3-6-10/h4,7-8,10H,2-3,5-6,9,15H2,1H3. The van der Waals surface area contributed by atoms with Gasteiger partial charge in [-0.05, 0) is 24.5 Å². The molecule has 90 valence electrons. The Morgan fingerprint density at radius 3 is 2.82 bits per heavy atom. The first-order valence-electron chi connectivity index (χ1n) is 6.45. The number of imidazole rings is 1. The highest BCUT2D eigenvalue weighted by atomic mass is 15.1. The van der Waals surface area contributed by atoms with E-state index in [-0.39, 0.29) is 0 Å². The summed E-state index contributed by atoms with van der Waals surface area (Å²) in [6.07, 6.45) is 5.26. The van der Waals surface area contributed by atoms with Crippen molar-refractivity contribution in [3.05, 3.63) is 29.6 Å². The average Bonchev–Trinajstić information content (AvgIpc) is 2.97. The van der Waals surface area contributed by atoms with E-state index < -0.39 is 0 Å². The van der Waals surface area contributed by atoms with Crippen LogP contribution in [0.3, 0.4) is 0 Å². The van der Waals surface area contributed by atoms with E-state index in [0.717, 1.165) is 11.1 Å². The summed E-state index contributed by atoms with van der Waals surface area (Å²) in [5.41, 5.74) is 9.25. The van der Waals surface area contributed by atoms with Gasteiger partial charge in [-0.15, -0.1) is 0 Å². The fraction of sp³-hybridized carbons (Fsp3) is 0.500. The monoisotopic (exact) mass is 229 g/mol. The molecule has 1 fully saturated rings. The summed E-state index contributed by atoms with van der Waals surface area (Å²) < 4.78 is 2.25. The van der Waals surface area contributed by atoms with Crippen LogP contribution in [-0.2, 0) is 13.6 Å². The average molecular weight is 229 g/mol. The van der Waals surface area contributed by atoms with Gasteiger partial charge >= 0.3 is 0 Å². The van der Waals surface area contributed by atoms with Gasteiger partial charge in [0.05, 0.1) is 11.0 Å². The predicted octanol–water partition coefficient (Wildman–Crippen LogP) is 2.69. The van der Waals surface area contributed by atoms with Gasteiger partial charge in [-0.25, -0.2) is 4.98 Å². The molecule has 0 aliphatic heterocycles. The van der Waals surface area contributed by atoms with Crippen molar-refractivity contribution in [3.8, 4) is 0 Å². The molecule has 2 N–H and O–H groups in total. The van der Waals surface area contributed by atoms with Crippen LogP contribution in [0.25, 0.3) is 11.0 Å². The number of nitrogens with two attached hydrogens (primary N) is 1. The maximum absolute atomic E-state index is 5.78. The first-order valence-corrected chi connectivity index (χ1v) is 6.45. The van der Waals surface area contributed by atoms with Gasteiger partial charge in [0, 0.05) is 19.5 Å². The molecule has 1 heterocycles. The molecule has 1 aromatic carbocycles. The van der Waals surface area contributed by atoms with Crippen LogP contribution in [0.5, 0.6) is 0 Å². The summed E-state index contributed by atoms with van der Waals surface area (Å²) >= 11 is 0. The number of rotatable bonds is 2. The number of nitrogens with zero attached hydrogens (tertiary/aromatic N) is 2. The molecule has 0 bridgehead atoms. The fourth-order valence-electron chi connectivity index (χ4n) is 3.00. The van der Waals surface area contributed by atoms with E-state index in [1.807, 2.05) is 0 Å². The summed E-state index contributed by atoms with van der Waals surface area (Å²) in [7, 11) is 2.13. The molecule has 0 saturated heterocycles. The topological polar surface area (TPSA) is 43.8 Å². The Balaban J connectivity index is 2.16. The number of benzene rings is 1. The van der Waals surface area contributed by atoms with Crippen LogP contribution in [0.15, 0.2) is 18.2 Å². The third kappa shape index (κ3) is 1.65. The summed E-state index contributed by atoms with van der Waals surface area (Å²) in [4.78, 5) is 4.85. The van der Waals surface area contributed by atoms with E-state index in [0.29, 0.717) is 12.5 Å². The van der Waals surface area contributed by atoms with Crippen molar-refractivity contribution in [1.82, 2.24) is 9.55 Å². The van der Waals surface area contributed by atoms with Crippen LogP contribution in [0.4, 0.5) is 0 Å². The second-order valence-corrected chi connectivity index (χ2v) is 5.00. The van der Waals surface area contributed by atoms with Crippen molar-refractivity contribution >= 4 is 11.0 Å². The zero-order valence-corrected chi connectivity index (χ0v) is 10.3. The lowest BCUT2D eigenvalue weighted by atomic mass is 10.1. The molecule has 1 saturated carbocycles. The molecule has 1 aliphatic carbocycles. The first-order chi connectivity index (χ1) is 8.31. The minimum atomic E-state index is 0.568. The van der Waals surface area contributed by atoms with E-state index in [4.69, 9.17) is 10.7 Å². The quantitative estimate of drug-likeness (QED) is 0.860. The Kier molecular flexibility index (Phi) is 2.63. The number of para-hydroxylation sites is 1. The zero-order chi connectivity index (χ0) is 11.8. The maximum atomic E-state index is 5.78. The van der Waals surface area contributed by atoms with Gasteiger partial charge in [0.25, 0.3) is 0 Å². The van der Waals surface area contributed by atoms with E-state index in [2.05, 4.69) is 29.8 Å². The van der Waals surface area contributed by atoms with Crippen LogP contribution in [0.1, 0.15) is 43.0 Å². The molecule has 1 aromatic heterocycles. The van der Waals surface area contributed by atoms with Crippen LogP contribution in [0, 0.1) is 0 Å². The second kappa shape index (κ2) is 4.15. The van der Waals surface area contributed by atoms with E-state index >= 15 is 0 Å². The lowest BCUT2D eigenvalue weighted by Gasteiger charge is -2.08. The highest BCUT2D eigenvalue weighted by Crippen LogP contribution is 2.35. The van der Waals surface area contributed by atoms with Gasteiger partial charge < -0.3 is 10.3 Å². The van der Waals surface area contributed by atoms with Crippen LogP contribution >= 0.6 is 0 Å². The third-order valence-corrected chi connectivity index (χ3v) is 3.97. The third-order valence-electron chi connectivity index (χ3n) is 3.97. The van der Waals surface area contributed by atoms with Crippen LogP contribution in [-0.4, -0.2) is 9.55 Å². The van der Waals surface area contributed by atoms with Crippen LogP contribution in [0.2, 0.25) is 0 Å². The molecule has 0 unspecified atom stereocenters. The number of aryl methyl sites for hydroxylation is 1. The molecule has 3 rings (SSSR count). The van der Waals surface area contributed by atoms with Gasteiger partial charge in [-0.3, -0.25) is 0 Å². The Labute approximate surface area is 102 Å². The normalized spacial score (nSPS) is 17.1. The van der Waals surface area contributed by atoms with Gasteiger partial charge in [-0.1, -0.05) is 25.0 Å². The minimum absolute atomic E-state index is 0.568. The van der Waals surface area contributed by atoms with E-state index in [1.54, 1.807) is 0 Å². The summed E-state index contributed by atoms with van der Waals surface area (Å²) in [5, 5.41) is 0. The first kappa shape index (κ1) is 10.8. The minimum Gasteiger partial charge on any atom is -0.331 e. The molecule has 2 aromatic rings. The Morgan fingerprint density at radius 1 is 1.35 bits per heavy atom. The molecule has 0 amide bonds. The Bertz CT molecular complexity index is 536. The molecule has 17 heavy (non-hydrogen) atoms. The summed E-state index contributed by atoms with van der Waals surface area (Å²) in [6, 6.07) is 6.29. The van der Waals surface area contributed by atoms with Crippen molar-refractivity contribution in [1.29, 1.82) is 0 Å². The molecule has 1 aliphatic rings. The molecular weight excluding hydrogens is 210 g/mol. The van der Waals surface area contributed by atoms with Crippen molar-refractivity contribution in [2.75, 3.05) is 0 Å².